The number of aliphatic carboxylic acids is 1. The number of unbranched alkanes of at least 4 members (excludes halogenated alkanes) is 7. The molecule has 5 nitrogen and oxygen atoms in total. The molecular weight excluding hydrogens is 303 g/mol. The quantitative estimate of drug-likeness (QED) is 0.270. The number of hydrogen-bond donors (Lipinski definition) is 1. The minimum absolute atomic E-state index is 0. The molecule has 120 valence electrons. The average molecular weight is 330 g/mol. The Balaban J connectivity index is 0. The van der Waals surface area contributed by atoms with Crippen LogP contribution in [0.5, 0.6) is 0 Å². The van der Waals surface area contributed by atoms with Gasteiger partial charge >= 0.3 is 29.6 Å². The van der Waals surface area contributed by atoms with Gasteiger partial charge in [-0.25, -0.2) is 0 Å². The molecule has 1 atom stereocenters. The molecule has 0 aliphatic heterocycles. The molecule has 1 N–H and O–H groups in total. The molecular formula is C14H27NaO5S. The summed E-state index contributed by atoms with van der Waals surface area (Å²) in [5, 5.41) is 10.9. The summed E-state index contributed by atoms with van der Waals surface area (Å²) in [5.41, 5.74) is 0. The Labute approximate surface area is 150 Å². The van der Waals surface area contributed by atoms with Crippen molar-refractivity contribution in [1.82, 2.24) is 0 Å². The largest absolute Gasteiger partial charge is 1.00 e. The van der Waals surface area contributed by atoms with Crippen LogP contribution in [0.1, 0.15) is 71.1 Å². The summed E-state index contributed by atoms with van der Waals surface area (Å²) in [6.07, 6.45) is 9.30. The molecule has 7 heteroatoms. The molecule has 0 aromatic carbocycles. The molecule has 0 fully saturated rings. The van der Waals surface area contributed by atoms with E-state index >= 15 is 0 Å². The summed E-state index contributed by atoms with van der Waals surface area (Å²) in [7, 11) is -4.09. The van der Waals surface area contributed by atoms with Gasteiger partial charge in [-0.05, 0) is 18.8 Å². The summed E-state index contributed by atoms with van der Waals surface area (Å²) < 4.78 is 29.8. The van der Waals surface area contributed by atoms with Crippen molar-refractivity contribution in [2.75, 3.05) is 5.75 Å². The summed E-state index contributed by atoms with van der Waals surface area (Å²) in [4.78, 5) is 10.9. The van der Waals surface area contributed by atoms with Crippen molar-refractivity contribution >= 4 is 16.1 Å². The Morgan fingerprint density at radius 2 is 1.48 bits per heavy atom. The predicted molar refractivity (Wildman–Crippen MR) is 76.8 cm³/mol. The van der Waals surface area contributed by atoms with Crippen molar-refractivity contribution in [2.45, 2.75) is 71.1 Å². The Kier molecular flexibility index (Phi) is 15.8. The molecule has 0 saturated heterocycles. The first-order valence-corrected chi connectivity index (χ1v) is 9.13. The molecule has 0 radical (unpaired) electrons. The first-order valence-electron chi connectivity index (χ1n) is 7.53. The number of carboxylic acids is 1. The van der Waals surface area contributed by atoms with E-state index in [0.29, 0.717) is 6.42 Å². The molecule has 0 rings (SSSR count). The van der Waals surface area contributed by atoms with Crippen LogP contribution in [0.4, 0.5) is 0 Å². The van der Waals surface area contributed by atoms with E-state index in [9.17, 15) is 18.3 Å². The van der Waals surface area contributed by atoms with Gasteiger partial charge in [0.2, 0.25) is 0 Å². The molecule has 0 bridgehead atoms. The molecule has 0 saturated carbocycles. The fourth-order valence-corrected chi connectivity index (χ4v) is 2.78. The van der Waals surface area contributed by atoms with Crippen LogP contribution >= 0.6 is 0 Å². The Hall–Kier alpha value is 0.380. The zero-order chi connectivity index (χ0) is 15.4. The van der Waals surface area contributed by atoms with Crippen LogP contribution in [0, 0.1) is 5.92 Å². The summed E-state index contributed by atoms with van der Waals surface area (Å²) in [6.45, 7) is 2.17. The number of carbonyl (C=O) groups excluding carboxylic acids is 1. The third-order valence-electron chi connectivity index (χ3n) is 3.46. The fraction of sp³-hybridized carbons (Fsp3) is 0.929. The third-order valence-corrected chi connectivity index (χ3v) is 4.22. The van der Waals surface area contributed by atoms with Crippen LogP contribution in [-0.2, 0) is 14.9 Å². The maximum absolute atomic E-state index is 10.9. The average Bonchev–Trinajstić information content (AvgIpc) is 2.34. The molecule has 1 unspecified atom stereocenters. The van der Waals surface area contributed by atoms with E-state index in [1.165, 1.54) is 32.1 Å². The molecule has 0 aliphatic carbocycles. The van der Waals surface area contributed by atoms with Crippen molar-refractivity contribution in [3.8, 4) is 0 Å². The van der Waals surface area contributed by atoms with Gasteiger partial charge in [-0.15, -0.1) is 0 Å². The van der Waals surface area contributed by atoms with Gasteiger partial charge in [-0.1, -0.05) is 58.3 Å². The topological polar surface area (TPSA) is 94.5 Å². The van der Waals surface area contributed by atoms with Gasteiger partial charge in [0.1, 0.15) is 0 Å². The van der Waals surface area contributed by atoms with E-state index in [4.69, 9.17) is 4.55 Å². The second kappa shape index (κ2) is 14.0. The molecule has 0 aromatic heterocycles. The van der Waals surface area contributed by atoms with Crippen LogP contribution < -0.4 is 34.7 Å². The molecule has 0 aliphatic rings. The maximum Gasteiger partial charge on any atom is 1.00 e. The zero-order valence-corrected chi connectivity index (χ0v) is 16.2. The Morgan fingerprint density at radius 1 is 1.00 bits per heavy atom. The normalized spacial score (nSPS) is 12.7. The molecule has 0 aromatic rings. The van der Waals surface area contributed by atoms with Crippen molar-refractivity contribution in [3.05, 3.63) is 0 Å². The minimum Gasteiger partial charge on any atom is -0.550 e. The molecule has 0 amide bonds. The van der Waals surface area contributed by atoms with Crippen LogP contribution in [0.15, 0.2) is 0 Å². The number of hydrogen-bond acceptors (Lipinski definition) is 4. The first-order chi connectivity index (χ1) is 9.37. The van der Waals surface area contributed by atoms with Crippen molar-refractivity contribution in [2.24, 2.45) is 5.92 Å². The van der Waals surface area contributed by atoms with E-state index in [-0.39, 0.29) is 36.0 Å². The number of carbonyl (C=O) groups is 1. The second-order valence-corrected chi connectivity index (χ2v) is 6.93. The SMILES string of the molecule is CCCCCCCCCCC(CCS(=O)(=O)O)C(=O)[O-].[Na+]. The van der Waals surface area contributed by atoms with Crippen LogP contribution in [-0.4, -0.2) is 24.7 Å². The van der Waals surface area contributed by atoms with Gasteiger partial charge in [-0.2, -0.15) is 8.42 Å². The van der Waals surface area contributed by atoms with E-state index in [1.54, 1.807) is 0 Å². The van der Waals surface area contributed by atoms with Crippen molar-refractivity contribution in [1.29, 1.82) is 0 Å². The maximum atomic E-state index is 10.9. The van der Waals surface area contributed by atoms with E-state index < -0.39 is 27.8 Å². The molecule has 0 spiro atoms. The summed E-state index contributed by atoms with van der Waals surface area (Å²) in [6, 6.07) is 0. The fourth-order valence-electron chi connectivity index (χ4n) is 2.20. The van der Waals surface area contributed by atoms with Crippen molar-refractivity contribution < 1.29 is 52.4 Å². The standard InChI is InChI=1S/C14H28O5S.Na/c1-2-3-4-5-6-7-8-9-10-13(14(15)16)11-12-20(17,18)19;/h13H,2-12H2,1H3,(H,15,16)(H,17,18,19);/q;+1/p-1. The third kappa shape index (κ3) is 16.6. The first kappa shape index (κ1) is 23.6. The van der Waals surface area contributed by atoms with Crippen LogP contribution in [0.2, 0.25) is 0 Å². The minimum atomic E-state index is -4.09. The van der Waals surface area contributed by atoms with E-state index in [0.717, 1.165) is 19.3 Å². The van der Waals surface area contributed by atoms with E-state index in [1.807, 2.05) is 0 Å². The summed E-state index contributed by atoms with van der Waals surface area (Å²) >= 11 is 0. The van der Waals surface area contributed by atoms with Gasteiger partial charge < -0.3 is 9.90 Å². The van der Waals surface area contributed by atoms with Gasteiger partial charge in [0.15, 0.2) is 0 Å². The second-order valence-electron chi connectivity index (χ2n) is 5.35. The zero-order valence-electron chi connectivity index (χ0n) is 13.3. The van der Waals surface area contributed by atoms with Crippen molar-refractivity contribution in [3.63, 3.8) is 0 Å². The van der Waals surface area contributed by atoms with Crippen LogP contribution in [0.3, 0.4) is 0 Å². The van der Waals surface area contributed by atoms with E-state index in [2.05, 4.69) is 6.92 Å². The smallest absolute Gasteiger partial charge is 0.550 e. The summed E-state index contributed by atoms with van der Waals surface area (Å²) in [5.74, 6) is -2.52. The monoisotopic (exact) mass is 330 g/mol. The Morgan fingerprint density at radius 3 is 1.90 bits per heavy atom. The van der Waals surface area contributed by atoms with Gasteiger partial charge in [-0.3, -0.25) is 4.55 Å². The molecule has 21 heavy (non-hydrogen) atoms. The molecule has 0 heterocycles. The van der Waals surface area contributed by atoms with Gasteiger partial charge in [0.25, 0.3) is 10.1 Å². The van der Waals surface area contributed by atoms with Crippen LogP contribution in [0.25, 0.3) is 0 Å². The van der Waals surface area contributed by atoms with Gasteiger partial charge in [0, 0.05) is 5.97 Å². The Bertz CT molecular complexity index is 356. The predicted octanol–water partition coefficient (Wildman–Crippen LogP) is -0.835. The van der Waals surface area contributed by atoms with Gasteiger partial charge in [0.05, 0.1) is 5.75 Å². The number of rotatable bonds is 13. The number of carboxylic acid groups (broad SMARTS) is 1.